The third-order valence-corrected chi connectivity index (χ3v) is 17.2. The third kappa shape index (κ3) is 16.5. The van der Waals surface area contributed by atoms with Crippen molar-refractivity contribution in [2.24, 2.45) is 0 Å². The molecule has 12 heteroatoms. The summed E-state index contributed by atoms with van der Waals surface area (Å²) >= 11 is 0. The number of rotatable bonds is 12. The largest absolute Gasteiger partial charge is 0.496 e. The van der Waals surface area contributed by atoms with Gasteiger partial charge in [-0.05, 0) is 133 Å². The van der Waals surface area contributed by atoms with Crippen LogP contribution in [0.4, 0.5) is 0 Å². The van der Waals surface area contributed by atoms with Gasteiger partial charge in [0.2, 0.25) is 0 Å². The number of esters is 3. The summed E-state index contributed by atoms with van der Waals surface area (Å²) in [4.78, 5) is 40.1. The Morgan fingerprint density at radius 2 is 0.389 bits per heavy atom. The zero-order chi connectivity index (χ0) is 66.8. The highest BCUT2D eigenvalue weighted by molar-refractivity contribution is 5.73. The van der Waals surface area contributed by atoms with E-state index >= 15 is 0 Å². The first-order chi connectivity index (χ1) is 41.8. The Morgan fingerprint density at radius 3 is 0.500 bits per heavy atom. The highest BCUT2D eigenvalue weighted by Crippen LogP contribution is 2.46. The van der Waals surface area contributed by atoms with Gasteiger partial charge in [-0.25, -0.2) is 14.4 Å². The van der Waals surface area contributed by atoms with Crippen molar-refractivity contribution in [3.63, 3.8) is 0 Å². The van der Waals surface area contributed by atoms with Crippen LogP contribution in [0.5, 0.6) is 34.5 Å². The number of hydrogen-bond acceptors (Lipinski definition) is 12. The van der Waals surface area contributed by atoms with Gasteiger partial charge in [-0.2, -0.15) is 0 Å². The van der Waals surface area contributed by atoms with E-state index in [0.29, 0.717) is 42.9 Å². The van der Waals surface area contributed by atoms with Crippen LogP contribution in [0.1, 0.15) is 225 Å². The average Bonchev–Trinajstić information content (AvgIpc) is 0.802. The maximum Gasteiger partial charge on any atom is 0.343 e. The summed E-state index contributed by atoms with van der Waals surface area (Å²) < 4.78 is 56.1. The van der Waals surface area contributed by atoms with Gasteiger partial charge in [0.15, 0.2) is 19.8 Å². The first-order valence-electron chi connectivity index (χ1n) is 31.5. The standard InChI is InChI=1S/C78H102O12/c1-73(2,3)58-31-46-25-48-33-59(74(4,5)6)35-50(68(48)86-23)27-52-37-61(76(10,11)12)39-54(70(52)88-43-64(79)82-19)29-56-41-63(78(16,17)18)42-57(72(56)90-45-66(81)84-21)30-55-40-62(77(13,14)15)38-53(71(55)89-44-65(80)83-20)28-51-36-60(75(7,8)9)34-49(69(51)87-24)26-47(32-58)67(46)85-22/h31-42H,25-30,43-45H2,1-24H3. The van der Waals surface area contributed by atoms with Crippen molar-refractivity contribution in [2.45, 2.75) is 196 Å². The van der Waals surface area contributed by atoms with Crippen LogP contribution in [0.25, 0.3) is 0 Å². The maximum absolute atomic E-state index is 13.4. The fraction of sp³-hybridized carbons (Fsp3) is 0.500. The summed E-state index contributed by atoms with van der Waals surface area (Å²) in [5.74, 6) is 2.15. The van der Waals surface area contributed by atoms with E-state index in [1.165, 1.54) is 21.3 Å². The fourth-order valence-corrected chi connectivity index (χ4v) is 11.8. The number of ether oxygens (including phenoxy) is 9. The summed E-state index contributed by atoms with van der Waals surface area (Å²) in [6, 6.07) is 26.7. The summed E-state index contributed by atoms with van der Waals surface area (Å²) in [5.41, 5.74) is 15.3. The second kappa shape index (κ2) is 27.2. The van der Waals surface area contributed by atoms with Gasteiger partial charge in [0.25, 0.3) is 0 Å². The van der Waals surface area contributed by atoms with Gasteiger partial charge in [-0.15, -0.1) is 0 Å². The Balaban J connectivity index is 1.73. The molecule has 0 radical (unpaired) electrons. The predicted octanol–water partition coefficient (Wildman–Crippen LogP) is 16.0. The molecule has 1 aliphatic carbocycles. The fourth-order valence-electron chi connectivity index (χ4n) is 11.8. The Labute approximate surface area is 538 Å². The van der Waals surface area contributed by atoms with Crippen LogP contribution in [-0.2, 0) is 99.6 Å². The molecule has 0 spiro atoms. The summed E-state index contributed by atoms with van der Waals surface area (Å²) in [6.45, 7) is 38.7. The lowest BCUT2D eigenvalue weighted by molar-refractivity contribution is -0.143. The minimum Gasteiger partial charge on any atom is -0.496 e. The van der Waals surface area contributed by atoms with Crippen LogP contribution in [-0.4, -0.2) is 80.4 Å². The molecule has 0 aromatic heterocycles. The van der Waals surface area contributed by atoms with Gasteiger partial charge >= 0.3 is 17.9 Å². The molecule has 6 aromatic rings. The van der Waals surface area contributed by atoms with Crippen molar-refractivity contribution >= 4 is 17.9 Å². The number of hydrogen-bond donors (Lipinski definition) is 0. The number of carbonyl (C=O) groups excluding carboxylic acids is 3. The SMILES string of the molecule is COC(=O)COc1c2cc(C(C)(C)C)cc1Cc1cc(C(C)(C)C)cc(c1OCC(=O)OC)Cc1cc(C(C)(C)C)cc(c1OCC(=O)OC)Cc1cc(C(C)(C)C)cc(c1OC)Cc1cc(C(C)(C)C)cc(c1OC)Cc1cc(C(C)(C)C)cc(c1OC)C2. The molecule has 0 atom stereocenters. The zero-order valence-corrected chi connectivity index (χ0v) is 58.7. The molecule has 1 aliphatic rings. The van der Waals surface area contributed by atoms with Crippen LogP contribution in [0.3, 0.4) is 0 Å². The van der Waals surface area contributed by atoms with Crippen molar-refractivity contribution in [2.75, 3.05) is 62.5 Å². The summed E-state index contributed by atoms with van der Waals surface area (Å²) in [6.07, 6.45) is 2.19. The Bertz CT molecular complexity index is 3420. The average molecular weight is 1230 g/mol. The van der Waals surface area contributed by atoms with Gasteiger partial charge < -0.3 is 42.6 Å². The molecule has 90 heavy (non-hydrogen) atoms. The van der Waals surface area contributed by atoms with E-state index in [4.69, 9.17) is 42.6 Å². The number of benzene rings is 6. The maximum atomic E-state index is 13.4. The van der Waals surface area contributed by atoms with Crippen LogP contribution in [0, 0.1) is 0 Å². The lowest BCUT2D eigenvalue weighted by Crippen LogP contribution is -2.20. The number of methoxy groups -OCH3 is 6. The van der Waals surface area contributed by atoms with Crippen molar-refractivity contribution in [3.8, 4) is 34.5 Å². The van der Waals surface area contributed by atoms with Gasteiger partial charge in [0.1, 0.15) is 34.5 Å². The normalized spacial score (nSPS) is 13.3. The van der Waals surface area contributed by atoms with Gasteiger partial charge in [-0.1, -0.05) is 197 Å². The van der Waals surface area contributed by atoms with Gasteiger partial charge in [0, 0.05) is 38.5 Å². The predicted molar refractivity (Wildman–Crippen MR) is 360 cm³/mol. The molecule has 0 saturated heterocycles. The van der Waals surface area contributed by atoms with Crippen molar-refractivity contribution in [1.29, 1.82) is 0 Å². The molecule has 12 bridgehead atoms. The lowest BCUT2D eigenvalue weighted by atomic mass is 9.79. The van der Waals surface area contributed by atoms with E-state index in [2.05, 4.69) is 197 Å². The molecule has 6 aromatic carbocycles. The minimum absolute atomic E-state index is 0.251. The zero-order valence-electron chi connectivity index (χ0n) is 58.7. The van der Waals surface area contributed by atoms with E-state index < -0.39 is 23.3 Å². The van der Waals surface area contributed by atoms with E-state index in [9.17, 15) is 14.4 Å². The van der Waals surface area contributed by atoms with Crippen LogP contribution in [0.2, 0.25) is 0 Å². The van der Waals surface area contributed by atoms with Crippen LogP contribution < -0.4 is 28.4 Å². The molecule has 0 saturated carbocycles. The van der Waals surface area contributed by atoms with Crippen LogP contribution in [0.15, 0.2) is 72.8 Å². The second-order valence-electron chi connectivity index (χ2n) is 30.5. The lowest BCUT2D eigenvalue weighted by Gasteiger charge is -2.29. The molecule has 486 valence electrons. The molecule has 0 amide bonds. The monoisotopic (exact) mass is 1230 g/mol. The molecular formula is C78H102O12. The smallest absolute Gasteiger partial charge is 0.343 e. The Morgan fingerprint density at radius 1 is 0.256 bits per heavy atom. The van der Waals surface area contributed by atoms with Gasteiger partial charge in [-0.3, -0.25) is 0 Å². The molecule has 0 N–H and O–H groups in total. The topological polar surface area (TPSA) is 134 Å². The molecule has 0 aliphatic heterocycles. The molecule has 0 fully saturated rings. The highest BCUT2D eigenvalue weighted by Gasteiger charge is 2.32. The van der Waals surface area contributed by atoms with E-state index in [1.807, 2.05) is 0 Å². The summed E-state index contributed by atoms with van der Waals surface area (Å²) in [7, 11) is 9.30. The minimum atomic E-state index is -0.554. The number of carbonyl (C=O) groups is 3. The molecule has 12 nitrogen and oxygen atoms in total. The third-order valence-electron chi connectivity index (χ3n) is 17.2. The first-order valence-corrected chi connectivity index (χ1v) is 31.5. The summed E-state index contributed by atoms with van der Waals surface area (Å²) in [5, 5.41) is 0. The second-order valence-corrected chi connectivity index (χ2v) is 30.5. The quantitative estimate of drug-likeness (QED) is 0.0851. The Kier molecular flexibility index (Phi) is 21.1. The van der Waals surface area contributed by atoms with Gasteiger partial charge in [0.05, 0.1) is 42.7 Å². The van der Waals surface area contributed by atoms with Crippen molar-refractivity contribution in [1.82, 2.24) is 0 Å². The van der Waals surface area contributed by atoms with Crippen molar-refractivity contribution < 1.29 is 57.0 Å². The van der Waals surface area contributed by atoms with Crippen molar-refractivity contribution in [3.05, 3.63) is 173 Å². The Hall–Kier alpha value is -7.47. The van der Waals surface area contributed by atoms with Crippen LogP contribution >= 0.6 is 0 Å². The van der Waals surface area contributed by atoms with E-state index in [1.54, 1.807) is 21.3 Å². The molecule has 0 heterocycles. The van der Waals surface area contributed by atoms with E-state index in [0.717, 1.165) is 117 Å². The molecular weight excluding hydrogens is 1130 g/mol. The van der Waals surface area contributed by atoms with E-state index in [-0.39, 0.29) is 59.7 Å². The molecule has 7 rings (SSSR count). The first kappa shape index (κ1) is 70.0. The number of fused-ring (bicyclic) bond motifs is 12. The molecule has 0 unspecified atom stereocenters. The highest BCUT2D eigenvalue weighted by atomic mass is 16.6.